The fraction of sp³-hybridized carbons (Fsp3) is 0.455. The van der Waals surface area contributed by atoms with Gasteiger partial charge in [0.2, 0.25) is 0 Å². The first-order valence-electron chi connectivity index (χ1n) is 5.79. The normalized spacial score (nSPS) is 10.6. The SMILES string of the molecule is CCc1nc(Br)cc(NCCc2nncn2C)n1. The molecule has 6 nitrogen and oxygen atoms in total. The first kappa shape index (κ1) is 12.9. The lowest BCUT2D eigenvalue weighted by atomic mass is 10.4. The van der Waals surface area contributed by atoms with E-state index in [0.29, 0.717) is 0 Å². The molecule has 1 N–H and O–H groups in total. The van der Waals surface area contributed by atoms with Gasteiger partial charge in [0.1, 0.15) is 28.4 Å². The van der Waals surface area contributed by atoms with Crippen molar-refractivity contribution in [2.24, 2.45) is 7.05 Å². The molecule has 0 saturated carbocycles. The summed E-state index contributed by atoms with van der Waals surface area (Å²) in [7, 11) is 1.94. The van der Waals surface area contributed by atoms with Crippen LogP contribution in [0.3, 0.4) is 0 Å². The quantitative estimate of drug-likeness (QED) is 0.849. The van der Waals surface area contributed by atoms with Gasteiger partial charge >= 0.3 is 0 Å². The molecule has 2 heterocycles. The molecule has 0 aromatic carbocycles. The van der Waals surface area contributed by atoms with Crippen molar-refractivity contribution in [2.75, 3.05) is 11.9 Å². The molecule has 7 heteroatoms. The van der Waals surface area contributed by atoms with Gasteiger partial charge in [0.15, 0.2) is 0 Å². The molecule has 0 bridgehead atoms. The first-order valence-corrected chi connectivity index (χ1v) is 6.58. The molecule has 96 valence electrons. The zero-order valence-electron chi connectivity index (χ0n) is 10.4. The summed E-state index contributed by atoms with van der Waals surface area (Å²) in [5.74, 6) is 2.60. The highest BCUT2D eigenvalue weighted by Crippen LogP contribution is 2.12. The van der Waals surface area contributed by atoms with Gasteiger partial charge in [0.05, 0.1) is 0 Å². The van der Waals surface area contributed by atoms with E-state index in [1.807, 2.05) is 24.6 Å². The summed E-state index contributed by atoms with van der Waals surface area (Å²) in [6.45, 7) is 2.80. The van der Waals surface area contributed by atoms with Crippen molar-refractivity contribution in [3.05, 3.63) is 28.6 Å². The molecule has 0 aliphatic heterocycles. The molecular weight excluding hydrogens is 296 g/mol. The van der Waals surface area contributed by atoms with Gasteiger partial charge in [-0.3, -0.25) is 0 Å². The van der Waals surface area contributed by atoms with E-state index in [2.05, 4.69) is 41.4 Å². The third kappa shape index (κ3) is 3.25. The lowest BCUT2D eigenvalue weighted by Gasteiger charge is -2.07. The van der Waals surface area contributed by atoms with Crippen molar-refractivity contribution >= 4 is 21.7 Å². The predicted molar refractivity (Wildman–Crippen MR) is 72.3 cm³/mol. The Kier molecular flexibility index (Phi) is 4.24. The van der Waals surface area contributed by atoms with Crippen molar-refractivity contribution in [1.29, 1.82) is 0 Å². The molecule has 18 heavy (non-hydrogen) atoms. The minimum atomic E-state index is 0.763. The molecule has 0 fully saturated rings. The Morgan fingerprint density at radius 2 is 2.22 bits per heavy atom. The van der Waals surface area contributed by atoms with E-state index in [-0.39, 0.29) is 0 Å². The van der Waals surface area contributed by atoms with Gasteiger partial charge in [-0.25, -0.2) is 9.97 Å². The summed E-state index contributed by atoms with van der Waals surface area (Å²) in [5.41, 5.74) is 0. The molecule has 0 aliphatic rings. The molecule has 0 spiro atoms. The number of nitrogens with zero attached hydrogens (tertiary/aromatic N) is 5. The number of halogens is 1. The fourth-order valence-electron chi connectivity index (χ4n) is 1.55. The van der Waals surface area contributed by atoms with Gasteiger partial charge in [0, 0.05) is 32.5 Å². The molecular formula is C11H15BrN6. The van der Waals surface area contributed by atoms with Crippen LogP contribution in [0.2, 0.25) is 0 Å². The Balaban J connectivity index is 1.94. The van der Waals surface area contributed by atoms with Crippen LogP contribution in [0.15, 0.2) is 17.0 Å². The highest BCUT2D eigenvalue weighted by molar-refractivity contribution is 9.10. The van der Waals surface area contributed by atoms with Crippen LogP contribution in [-0.4, -0.2) is 31.3 Å². The van der Waals surface area contributed by atoms with Gasteiger partial charge < -0.3 is 9.88 Å². The molecule has 0 aliphatic carbocycles. The van der Waals surface area contributed by atoms with Crippen LogP contribution in [0.25, 0.3) is 0 Å². The van der Waals surface area contributed by atoms with E-state index in [1.165, 1.54) is 0 Å². The second-order valence-corrected chi connectivity index (χ2v) is 4.69. The maximum atomic E-state index is 4.40. The Bertz CT molecular complexity index is 524. The van der Waals surface area contributed by atoms with Crippen LogP contribution >= 0.6 is 15.9 Å². The molecule has 2 rings (SSSR count). The van der Waals surface area contributed by atoms with Crippen molar-refractivity contribution < 1.29 is 0 Å². The second kappa shape index (κ2) is 5.90. The molecule has 2 aromatic rings. The molecule has 0 unspecified atom stereocenters. The summed E-state index contributed by atoms with van der Waals surface area (Å²) in [6, 6.07) is 1.87. The van der Waals surface area contributed by atoms with Gasteiger partial charge in [-0.1, -0.05) is 6.92 Å². The monoisotopic (exact) mass is 310 g/mol. The summed E-state index contributed by atoms with van der Waals surface area (Å²) >= 11 is 3.38. The Hall–Kier alpha value is -1.50. The van der Waals surface area contributed by atoms with Crippen LogP contribution in [-0.2, 0) is 19.9 Å². The van der Waals surface area contributed by atoms with Gasteiger partial charge in [-0.2, -0.15) is 0 Å². The number of nitrogens with one attached hydrogen (secondary N) is 1. The Morgan fingerprint density at radius 1 is 1.39 bits per heavy atom. The summed E-state index contributed by atoms with van der Waals surface area (Å²) in [5, 5.41) is 11.1. The minimum Gasteiger partial charge on any atom is -0.369 e. The zero-order valence-corrected chi connectivity index (χ0v) is 12.0. The van der Waals surface area contributed by atoms with E-state index in [1.54, 1.807) is 6.33 Å². The summed E-state index contributed by atoms with van der Waals surface area (Å²) < 4.78 is 2.71. The van der Waals surface area contributed by atoms with Crippen LogP contribution in [0.4, 0.5) is 5.82 Å². The van der Waals surface area contributed by atoms with Crippen molar-refractivity contribution in [2.45, 2.75) is 19.8 Å². The third-order valence-corrected chi connectivity index (χ3v) is 2.92. The molecule has 0 saturated heterocycles. The smallest absolute Gasteiger partial charge is 0.134 e. The predicted octanol–water partition coefficient (Wildman–Crippen LogP) is 1.58. The van der Waals surface area contributed by atoms with Crippen molar-refractivity contribution in [3.8, 4) is 0 Å². The van der Waals surface area contributed by atoms with Crippen LogP contribution in [0.5, 0.6) is 0 Å². The van der Waals surface area contributed by atoms with Crippen LogP contribution in [0, 0.1) is 0 Å². The standard InChI is InChI=1S/C11H15BrN6/c1-3-9-15-8(12)6-10(16-9)13-5-4-11-17-14-7-18(11)2/h6-7H,3-5H2,1-2H3,(H,13,15,16). The zero-order chi connectivity index (χ0) is 13.0. The summed E-state index contributed by atoms with van der Waals surface area (Å²) in [6.07, 6.45) is 3.32. The largest absolute Gasteiger partial charge is 0.369 e. The van der Waals surface area contributed by atoms with Gasteiger partial charge in [-0.15, -0.1) is 10.2 Å². The number of rotatable bonds is 5. The lowest BCUT2D eigenvalue weighted by Crippen LogP contribution is -2.10. The molecule has 0 radical (unpaired) electrons. The highest BCUT2D eigenvalue weighted by atomic mass is 79.9. The maximum absolute atomic E-state index is 4.40. The summed E-state index contributed by atoms with van der Waals surface area (Å²) in [4.78, 5) is 8.66. The first-order chi connectivity index (χ1) is 8.69. The number of anilines is 1. The lowest BCUT2D eigenvalue weighted by molar-refractivity contribution is 0.786. The topological polar surface area (TPSA) is 68.5 Å². The number of aromatic nitrogens is 5. The number of hydrogen-bond donors (Lipinski definition) is 1. The second-order valence-electron chi connectivity index (χ2n) is 3.88. The number of hydrogen-bond acceptors (Lipinski definition) is 5. The van der Waals surface area contributed by atoms with Crippen LogP contribution < -0.4 is 5.32 Å². The maximum Gasteiger partial charge on any atom is 0.134 e. The van der Waals surface area contributed by atoms with E-state index in [4.69, 9.17) is 0 Å². The molecule has 2 aromatic heterocycles. The third-order valence-electron chi connectivity index (χ3n) is 2.52. The van der Waals surface area contributed by atoms with Gasteiger partial charge in [0.25, 0.3) is 0 Å². The Labute approximate surface area is 114 Å². The van der Waals surface area contributed by atoms with Crippen LogP contribution in [0.1, 0.15) is 18.6 Å². The minimum absolute atomic E-state index is 0.763. The number of aryl methyl sites for hydroxylation is 2. The van der Waals surface area contributed by atoms with E-state index in [9.17, 15) is 0 Å². The Morgan fingerprint density at radius 3 is 2.89 bits per heavy atom. The average molecular weight is 311 g/mol. The van der Waals surface area contributed by atoms with E-state index < -0.39 is 0 Å². The van der Waals surface area contributed by atoms with E-state index >= 15 is 0 Å². The van der Waals surface area contributed by atoms with E-state index in [0.717, 1.165) is 41.5 Å². The molecule has 0 amide bonds. The van der Waals surface area contributed by atoms with Crippen molar-refractivity contribution in [3.63, 3.8) is 0 Å². The highest BCUT2D eigenvalue weighted by Gasteiger charge is 2.03. The average Bonchev–Trinajstić information content (AvgIpc) is 2.74. The fourth-order valence-corrected chi connectivity index (χ4v) is 1.97. The van der Waals surface area contributed by atoms with Crippen molar-refractivity contribution in [1.82, 2.24) is 24.7 Å². The van der Waals surface area contributed by atoms with Gasteiger partial charge in [-0.05, 0) is 15.9 Å². The molecule has 0 atom stereocenters.